The molecule has 2 aromatic rings. The quantitative estimate of drug-likeness (QED) is 0.892. The van der Waals surface area contributed by atoms with Crippen LogP contribution < -0.4 is 0 Å². The Balaban J connectivity index is 2.45. The Labute approximate surface area is 125 Å². The summed E-state index contributed by atoms with van der Waals surface area (Å²) in [6.45, 7) is 2.29. The average molecular weight is 304 g/mol. The van der Waals surface area contributed by atoms with Crippen LogP contribution in [0.2, 0.25) is 0 Å². The molecule has 1 atom stereocenters. The first-order chi connectivity index (χ1) is 10.2. The van der Waals surface area contributed by atoms with Crippen molar-refractivity contribution in [2.24, 2.45) is 0 Å². The van der Waals surface area contributed by atoms with E-state index < -0.39 is 17.5 Å². The van der Waals surface area contributed by atoms with Gasteiger partial charge in [-0.1, -0.05) is 24.3 Å². The smallest absolute Gasteiger partial charge is 0.335 e. The number of aromatic carboxylic acids is 1. The van der Waals surface area contributed by atoms with E-state index in [9.17, 15) is 18.7 Å². The lowest BCUT2D eigenvalue weighted by Gasteiger charge is -2.32. The van der Waals surface area contributed by atoms with Crippen LogP contribution in [0.3, 0.4) is 0 Å². The van der Waals surface area contributed by atoms with Gasteiger partial charge in [0.05, 0.1) is 5.56 Å². The van der Waals surface area contributed by atoms with Crippen molar-refractivity contribution in [1.82, 2.24) is 0 Å². The lowest BCUT2D eigenvalue weighted by molar-refractivity contribution is -0.148. The van der Waals surface area contributed by atoms with E-state index in [1.165, 1.54) is 12.1 Å². The van der Waals surface area contributed by atoms with E-state index in [1.807, 2.05) is 0 Å². The van der Waals surface area contributed by atoms with Crippen LogP contribution in [0.5, 0.6) is 0 Å². The van der Waals surface area contributed by atoms with Gasteiger partial charge in [-0.2, -0.15) is 0 Å². The maximum atomic E-state index is 14.2. The number of hydrogen-bond acceptors (Lipinski definition) is 2. The molecule has 0 aliphatic heterocycles. The first kappa shape index (κ1) is 14.7. The average Bonchev–Trinajstić information content (AvgIpc) is 2.70. The van der Waals surface area contributed by atoms with Gasteiger partial charge in [0, 0.05) is 18.1 Å². The van der Waals surface area contributed by atoms with Gasteiger partial charge >= 0.3 is 5.97 Å². The molecule has 3 nitrogen and oxygen atoms in total. The van der Waals surface area contributed by atoms with Crippen molar-refractivity contribution in [3.8, 4) is 11.1 Å². The molecule has 5 heteroatoms. The van der Waals surface area contributed by atoms with Crippen molar-refractivity contribution < 1.29 is 23.8 Å². The molecular weight excluding hydrogens is 290 g/mol. The molecular formula is C17H14F2O3. The molecule has 0 amide bonds. The summed E-state index contributed by atoms with van der Waals surface area (Å²) < 4.78 is 28.5. The Morgan fingerprint density at radius 2 is 1.82 bits per heavy atom. The summed E-state index contributed by atoms with van der Waals surface area (Å²) in [6.07, 6.45) is 0. The Kier molecular flexibility index (Phi) is 2.91. The molecule has 0 saturated carbocycles. The van der Waals surface area contributed by atoms with Crippen LogP contribution in [0.1, 0.15) is 34.0 Å². The summed E-state index contributed by atoms with van der Waals surface area (Å²) in [6, 6.07) is 8.96. The van der Waals surface area contributed by atoms with Crippen LogP contribution in [0.4, 0.5) is 8.78 Å². The standard InChI is InChI=1S/C17H14F2O3/c1-9-7-10(15(20)21)8-13-14(9)11-5-3-4-6-12(11)17(13,22)16(2,18)19/h3-8,22H,1-2H3,(H,20,21). The van der Waals surface area contributed by atoms with Crippen LogP contribution in [-0.4, -0.2) is 22.1 Å². The second kappa shape index (κ2) is 4.36. The second-order valence-corrected chi connectivity index (χ2v) is 5.67. The zero-order valence-corrected chi connectivity index (χ0v) is 12.0. The molecule has 2 N–H and O–H groups in total. The van der Waals surface area contributed by atoms with Crippen molar-refractivity contribution in [3.05, 3.63) is 58.7 Å². The number of benzene rings is 2. The van der Waals surface area contributed by atoms with Gasteiger partial charge < -0.3 is 10.2 Å². The van der Waals surface area contributed by atoms with Gasteiger partial charge in [0.2, 0.25) is 0 Å². The van der Waals surface area contributed by atoms with Gasteiger partial charge in [0.1, 0.15) is 0 Å². The van der Waals surface area contributed by atoms with E-state index in [0.29, 0.717) is 23.6 Å². The summed E-state index contributed by atoms with van der Waals surface area (Å²) in [4.78, 5) is 11.2. The Hall–Kier alpha value is -2.27. The van der Waals surface area contributed by atoms with E-state index in [0.717, 1.165) is 6.07 Å². The molecule has 0 aromatic heterocycles. The molecule has 1 unspecified atom stereocenters. The fourth-order valence-electron chi connectivity index (χ4n) is 3.19. The number of halogens is 2. The molecule has 0 saturated heterocycles. The van der Waals surface area contributed by atoms with E-state index in [2.05, 4.69) is 0 Å². The van der Waals surface area contributed by atoms with Crippen molar-refractivity contribution >= 4 is 5.97 Å². The molecule has 1 aliphatic carbocycles. The number of rotatable bonds is 2. The molecule has 1 aliphatic rings. The lowest BCUT2D eigenvalue weighted by atomic mass is 9.85. The largest absolute Gasteiger partial charge is 0.478 e. The van der Waals surface area contributed by atoms with E-state index in [1.54, 1.807) is 25.1 Å². The van der Waals surface area contributed by atoms with Crippen molar-refractivity contribution in [3.63, 3.8) is 0 Å². The molecule has 114 valence electrons. The van der Waals surface area contributed by atoms with Gasteiger partial charge in [0.15, 0.2) is 5.60 Å². The molecule has 0 bridgehead atoms. The monoisotopic (exact) mass is 304 g/mol. The predicted octanol–water partition coefficient (Wildman–Crippen LogP) is 3.56. The molecule has 0 fully saturated rings. The maximum absolute atomic E-state index is 14.2. The fourth-order valence-corrected chi connectivity index (χ4v) is 3.19. The Bertz CT molecular complexity index is 793. The molecule has 0 spiro atoms. The van der Waals surface area contributed by atoms with Crippen LogP contribution >= 0.6 is 0 Å². The number of carbonyl (C=O) groups is 1. The van der Waals surface area contributed by atoms with Gasteiger partial charge in [0.25, 0.3) is 5.92 Å². The number of aliphatic hydroxyl groups is 1. The van der Waals surface area contributed by atoms with Gasteiger partial charge in [-0.05, 0) is 35.7 Å². The number of carboxylic acids is 1. The summed E-state index contributed by atoms with van der Waals surface area (Å²) in [7, 11) is 0. The fraction of sp³-hybridized carbons (Fsp3) is 0.235. The van der Waals surface area contributed by atoms with Gasteiger partial charge in [-0.15, -0.1) is 0 Å². The lowest BCUT2D eigenvalue weighted by Crippen LogP contribution is -2.42. The molecule has 0 radical (unpaired) electrons. The SMILES string of the molecule is Cc1cc(C(=O)O)cc2c1-c1ccccc1C2(O)C(C)(F)F. The number of carboxylic acid groups (broad SMARTS) is 1. The predicted molar refractivity (Wildman–Crippen MR) is 77.2 cm³/mol. The minimum atomic E-state index is -3.46. The minimum Gasteiger partial charge on any atom is -0.478 e. The summed E-state index contributed by atoms with van der Waals surface area (Å²) in [5.41, 5.74) is -1.08. The van der Waals surface area contributed by atoms with E-state index in [4.69, 9.17) is 5.11 Å². The van der Waals surface area contributed by atoms with Crippen molar-refractivity contribution in [2.45, 2.75) is 25.4 Å². The summed E-state index contributed by atoms with van der Waals surface area (Å²) in [5, 5.41) is 20.0. The van der Waals surface area contributed by atoms with Crippen LogP contribution in [0.15, 0.2) is 36.4 Å². The zero-order valence-electron chi connectivity index (χ0n) is 12.0. The normalized spacial score (nSPS) is 19.7. The highest BCUT2D eigenvalue weighted by Crippen LogP contribution is 2.55. The maximum Gasteiger partial charge on any atom is 0.335 e. The number of aryl methyl sites for hydroxylation is 1. The summed E-state index contributed by atoms with van der Waals surface area (Å²) >= 11 is 0. The van der Waals surface area contributed by atoms with Gasteiger partial charge in [-0.3, -0.25) is 0 Å². The highest BCUT2D eigenvalue weighted by atomic mass is 19.3. The zero-order chi connectivity index (χ0) is 16.3. The third-order valence-electron chi connectivity index (χ3n) is 4.19. The van der Waals surface area contributed by atoms with E-state index in [-0.39, 0.29) is 16.7 Å². The van der Waals surface area contributed by atoms with Crippen LogP contribution in [0.25, 0.3) is 11.1 Å². The second-order valence-electron chi connectivity index (χ2n) is 5.67. The Morgan fingerprint density at radius 1 is 1.18 bits per heavy atom. The first-order valence-electron chi connectivity index (χ1n) is 6.76. The molecule has 2 aromatic carbocycles. The third-order valence-corrected chi connectivity index (χ3v) is 4.19. The number of alkyl halides is 2. The number of fused-ring (bicyclic) bond motifs is 3. The summed E-state index contributed by atoms with van der Waals surface area (Å²) in [5.74, 6) is -4.68. The number of hydrogen-bond donors (Lipinski definition) is 2. The first-order valence-corrected chi connectivity index (χ1v) is 6.76. The third kappa shape index (κ3) is 1.72. The van der Waals surface area contributed by atoms with Crippen molar-refractivity contribution in [2.75, 3.05) is 0 Å². The highest BCUT2D eigenvalue weighted by Gasteiger charge is 2.57. The Morgan fingerprint density at radius 3 is 2.41 bits per heavy atom. The topological polar surface area (TPSA) is 57.5 Å². The molecule has 22 heavy (non-hydrogen) atoms. The van der Waals surface area contributed by atoms with Gasteiger partial charge in [-0.25, -0.2) is 13.6 Å². The molecule has 0 heterocycles. The van der Waals surface area contributed by atoms with Crippen molar-refractivity contribution in [1.29, 1.82) is 0 Å². The van der Waals surface area contributed by atoms with Crippen LogP contribution in [0, 0.1) is 6.92 Å². The molecule has 3 rings (SSSR count). The van der Waals surface area contributed by atoms with E-state index >= 15 is 0 Å². The van der Waals surface area contributed by atoms with Crippen LogP contribution in [-0.2, 0) is 5.60 Å². The highest BCUT2D eigenvalue weighted by molar-refractivity contribution is 5.92. The minimum absolute atomic E-state index is 0.0569.